The number of guanidine groups is 1. The number of hydrogen-bond acceptors (Lipinski definition) is 4. The third kappa shape index (κ3) is 10.0. The van der Waals surface area contributed by atoms with E-state index in [1.807, 2.05) is 13.8 Å². The molecule has 0 atom stereocenters. The molecule has 0 aliphatic heterocycles. The molecular formula is C14H27IN4OS. The van der Waals surface area contributed by atoms with Crippen LogP contribution in [0.1, 0.15) is 31.0 Å². The number of ether oxygens (including phenoxy) is 1. The molecule has 0 amide bonds. The Labute approximate surface area is 149 Å². The van der Waals surface area contributed by atoms with Crippen molar-refractivity contribution in [3.63, 3.8) is 0 Å². The summed E-state index contributed by atoms with van der Waals surface area (Å²) in [5, 5.41) is 9.81. The monoisotopic (exact) mass is 426 g/mol. The van der Waals surface area contributed by atoms with Crippen LogP contribution >= 0.6 is 35.3 Å². The molecule has 0 bridgehead atoms. The fourth-order valence-electron chi connectivity index (χ4n) is 1.68. The lowest BCUT2D eigenvalue weighted by Crippen LogP contribution is -2.38. The average molecular weight is 426 g/mol. The molecule has 2 N–H and O–H groups in total. The smallest absolute Gasteiger partial charge is 0.191 e. The Hall–Kier alpha value is -0.410. The van der Waals surface area contributed by atoms with E-state index in [2.05, 4.69) is 32.9 Å². The van der Waals surface area contributed by atoms with Gasteiger partial charge < -0.3 is 15.4 Å². The molecule has 21 heavy (non-hydrogen) atoms. The van der Waals surface area contributed by atoms with E-state index in [-0.39, 0.29) is 24.0 Å². The van der Waals surface area contributed by atoms with Gasteiger partial charge in [-0.15, -0.1) is 35.3 Å². The van der Waals surface area contributed by atoms with Gasteiger partial charge in [0.05, 0.1) is 10.7 Å². The van der Waals surface area contributed by atoms with E-state index in [0.29, 0.717) is 0 Å². The van der Waals surface area contributed by atoms with Crippen molar-refractivity contribution in [2.24, 2.45) is 4.99 Å². The topological polar surface area (TPSA) is 58.5 Å². The lowest BCUT2D eigenvalue weighted by atomic mass is 10.3. The molecule has 1 rings (SSSR count). The number of aromatic nitrogens is 1. The van der Waals surface area contributed by atoms with Crippen molar-refractivity contribution in [1.29, 1.82) is 0 Å². The molecule has 0 saturated heterocycles. The van der Waals surface area contributed by atoms with E-state index in [4.69, 9.17) is 4.74 Å². The van der Waals surface area contributed by atoms with E-state index in [1.165, 1.54) is 0 Å². The highest BCUT2D eigenvalue weighted by atomic mass is 127. The van der Waals surface area contributed by atoms with Gasteiger partial charge in [0.15, 0.2) is 5.96 Å². The average Bonchev–Trinajstić information content (AvgIpc) is 2.84. The van der Waals surface area contributed by atoms with Gasteiger partial charge >= 0.3 is 0 Å². The van der Waals surface area contributed by atoms with Gasteiger partial charge in [-0.3, -0.25) is 4.99 Å². The molecule has 0 unspecified atom stereocenters. The summed E-state index contributed by atoms with van der Waals surface area (Å²) in [6.07, 6.45) is 1.88. The summed E-state index contributed by atoms with van der Waals surface area (Å²) in [6, 6.07) is 0. The number of nitrogens with one attached hydrogen (secondary N) is 2. The largest absolute Gasteiger partial charge is 0.382 e. The molecular weight excluding hydrogens is 399 g/mol. The van der Waals surface area contributed by atoms with Gasteiger partial charge in [-0.25, -0.2) is 4.98 Å². The number of nitrogens with zero attached hydrogens (tertiary/aromatic N) is 2. The predicted molar refractivity (Wildman–Crippen MR) is 101 cm³/mol. The van der Waals surface area contributed by atoms with Crippen molar-refractivity contribution in [2.75, 3.05) is 32.8 Å². The standard InChI is InChI=1S/C14H26N4OS.HI/c1-4-15-14(16-8-6-10-19-5-2)17-9-7-13-11-20-12(3)18-13;/h11H,4-10H2,1-3H3,(H2,15,16,17);1H. The van der Waals surface area contributed by atoms with Gasteiger partial charge in [-0.1, -0.05) is 0 Å². The minimum absolute atomic E-state index is 0. The van der Waals surface area contributed by atoms with Crippen LogP contribution in [0.5, 0.6) is 0 Å². The highest BCUT2D eigenvalue weighted by Crippen LogP contribution is 2.07. The Bertz CT molecular complexity index is 398. The zero-order valence-electron chi connectivity index (χ0n) is 13.1. The van der Waals surface area contributed by atoms with E-state index < -0.39 is 0 Å². The van der Waals surface area contributed by atoms with Crippen LogP contribution in [-0.4, -0.2) is 43.8 Å². The van der Waals surface area contributed by atoms with Crippen LogP contribution in [0.15, 0.2) is 10.4 Å². The maximum absolute atomic E-state index is 5.30. The molecule has 1 aromatic heterocycles. The summed E-state index contributed by atoms with van der Waals surface area (Å²) in [5.41, 5.74) is 1.15. The van der Waals surface area contributed by atoms with E-state index in [9.17, 15) is 0 Å². The van der Waals surface area contributed by atoms with Crippen molar-refractivity contribution in [3.05, 3.63) is 16.1 Å². The third-order valence-corrected chi connectivity index (χ3v) is 3.43. The number of halogens is 1. The Kier molecular flexibility index (Phi) is 13.0. The van der Waals surface area contributed by atoms with Crippen LogP contribution in [0.25, 0.3) is 0 Å². The van der Waals surface area contributed by atoms with E-state index >= 15 is 0 Å². The van der Waals surface area contributed by atoms with Gasteiger partial charge in [-0.2, -0.15) is 0 Å². The fourth-order valence-corrected chi connectivity index (χ4v) is 2.32. The van der Waals surface area contributed by atoms with Crippen LogP contribution in [-0.2, 0) is 11.2 Å². The van der Waals surface area contributed by atoms with Gasteiger partial charge in [-0.05, 0) is 27.2 Å². The van der Waals surface area contributed by atoms with Crippen molar-refractivity contribution in [2.45, 2.75) is 33.6 Å². The summed E-state index contributed by atoms with van der Waals surface area (Å²) in [5.74, 6) is 0.871. The van der Waals surface area contributed by atoms with Crippen LogP contribution in [0.2, 0.25) is 0 Å². The second-order valence-electron chi connectivity index (χ2n) is 4.35. The van der Waals surface area contributed by atoms with Crippen molar-refractivity contribution >= 4 is 41.3 Å². The molecule has 1 heterocycles. The molecule has 0 fully saturated rings. The van der Waals surface area contributed by atoms with Gasteiger partial charge in [0.2, 0.25) is 0 Å². The lowest BCUT2D eigenvalue weighted by Gasteiger charge is -2.10. The normalized spacial score (nSPS) is 11.1. The van der Waals surface area contributed by atoms with Crippen LogP contribution < -0.4 is 10.6 Å². The summed E-state index contributed by atoms with van der Waals surface area (Å²) in [7, 11) is 0. The first-order chi connectivity index (χ1) is 9.76. The number of hydrogen-bond donors (Lipinski definition) is 2. The Balaban J connectivity index is 0.00000400. The van der Waals surface area contributed by atoms with Crippen LogP contribution in [0.3, 0.4) is 0 Å². The molecule has 0 aromatic carbocycles. The number of aryl methyl sites for hydroxylation is 1. The molecule has 122 valence electrons. The highest BCUT2D eigenvalue weighted by Gasteiger charge is 2.00. The van der Waals surface area contributed by atoms with Gasteiger partial charge in [0, 0.05) is 44.6 Å². The van der Waals surface area contributed by atoms with Crippen LogP contribution in [0.4, 0.5) is 0 Å². The van der Waals surface area contributed by atoms with Crippen molar-refractivity contribution in [1.82, 2.24) is 15.6 Å². The fraction of sp³-hybridized carbons (Fsp3) is 0.714. The molecule has 7 heteroatoms. The molecule has 0 aliphatic rings. The second-order valence-corrected chi connectivity index (χ2v) is 5.41. The molecule has 5 nitrogen and oxygen atoms in total. The molecule has 0 radical (unpaired) electrons. The van der Waals surface area contributed by atoms with Crippen molar-refractivity contribution < 1.29 is 4.74 Å². The van der Waals surface area contributed by atoms with Gasteiger partial charge in [0.1, 0.15) is 0 Å². The molecule has 0 aliphatic carbocycles. The SMILES string of the molecule is CCNC(=NCCCOCC)NCCc1csc(C)n1.I. The number of rotatable bonds is 9. The first kappa shape index (κ1) is 20.6. The van der Waals surface area contributed by atoms with Crippen molar-refractivity contribution in [3.8, 4) is 0 Å². The summed E-state index contributed by atoms with van der Waals surface area (Å²) < 4.78 is 5.30. The molecule has 1 aromatic rings. The maximum Gasteiger partial charge on any atom is 0.191 e. The third-order valence-electron chi connectivity index (χ3n) is 2.61. The Morgan fingerprint density at radius 2 is 2.19 bits per heavy atom. The first-order valence-corrected chi connectivity index (χ1v) is 8.15. The lowest BCUT2D eigenvalue weighted by molar-refractivity contribution is 0.146. The van der Waals surface area contributed by atoms with E-state index in [0.717, 1.165) is 62.4 Å². The minimum Gasteiger partial charge on any atom is -0.382 e. The summed E-state index contributed by atoms with van der Waals surface area (Å²) in [6.45, 7) is 10.2. The van der Waals surface area contributed by atoms with Crippen LogP contribution in [0, 0.1) is 6.92 Å². The second kappa shape index (κ2) is 13.3. The summed E-state index contributed by atoms with van der Waals surface area (Å²) >= 11 is 1.70. The Morgan fingerprint density at radius 1 is 1.38 bits per heavy atom. The minimum atomic E-state index is 0. The van der Waals surface area contributed by atoms with Gasteiger partial charge in [0.25, 0.3) is 0 Å². The molecule has 0 saturated carbocycles. The quantitative estimate of drug-likeness (QED) is 0.276. The predicted octanol–water partition coefficient (Wildman–Crippen LogP) is 2.59. The summed E-state index contributed by atoms with van der Waals surface area (Å²) in [4.78, 5) is 8.97. The number of aliphatic imine (C=N–C) groups is 1. The maximum atomic E-state index is 5.30. The Morgan fingerprint density at radius 3 is 2.81 bits per heavy atom. The zero-order valence-corrected chi connectivity index (χ0v) is 16.3. The van der Waals surface area contributed by atoms with E-state index in [1.54, 1.807) is 11.3 Å². The number of thiazole rings is 1. The zero-order chi connectivity index (χ0) is 14.6. The molecule has 0 spiro atoms. The highest BCUT2D eigenvalue weighted by molar-refractivity contribution is 14.0. The first-order valence-electron chi connectivity index (χ1n) is 7.27.